The zero-order chi connectivity index (χ0) is 15.6. The molecule has 1 N–H and O–H groups in total. The molecule has 0 unspecified atom stereocenters. The molecule has 0 amide bonds. The van der Waals surface area contributed by atoms with E-state index in [0.29, 0.717) is 12.2 Å². The fourth-order valence-corrected chi connectivity index (χ4v) is 2.30. The van der Waals surface area contributed by atoms with E-state index in [4.69, 9.17) is 0 Å². The fraction of sp³-hybridized carbons (Fsp3) is 0.294. The van der Waals surface area contributed by atoms with Gasteiger partial charge in [-0.25, -0.2) is 0 Å². The van der Waals surface area contributed by atoms with Crippen molar-refractivity contribution in [3.63, 3.8) is 0 Å². The van der Waals surface area contributed by atoms with Crippen LogP contribution in [-0.2, 0) is 12.7 Å². The Morgan fingerprint density at radius 3 is 2.10 bits per heavy atom. The van der Waals surface area contributed by atoms with Crippen LogP contribution < -0.4 is 5.32 Å². The van der Waals surface area contributed by atoms with Crippen molar-refractivity contribution in [3.8, 4) is 0 Å². The molecule has 0 heterocycles. The topological polar surface area (TPSA) is 12.0 Å². The van der Waals surface area contributed by atoms with Crippen LogP contribution in [0.5, 0.6) is 0 Å². The van der Waals surface area contributed by atoms with Gasteiger partial charge in [0.15, 0.2) is 0 Å². The average molecular weight is 293 g/mol. The summed E-state index contributed by atoms with van der Waals surface area (Å²) in [7, 11) is 0. The zero-order valence-corrected chi connectivity index (χ0v) is 12.3. The summed E-state index contributed by atoms with van der Waals surface area (Å²) in [6.07, 6.45) is -4.32. The van der Waals surface area contributed by atoms with E-state index < -0.39 is 11.7 Å². The van der Waals surface area contributed by atoms with Crippen molar-refractivity contribution in [2.45, 2.75) is 33.5 Å². The van der Waals surface area contributed by atoms with Crippen molar-refractivity contribution in [3.05, 3.63) is 64.2 Å². The quantitative estimate of drug-likeness (QED) is 0.815. The highest BCUT2D eigenvalue weighted by Gasteiger charge is 2.30. The van der Waals surface area contributed by atoms with Gasteiger partial charge in [-0.2, -0.15) is 13.2 Å². The Morgan fingerprint density at radius 2 is 1.52 bits per heavy atom. The maximum Gasteiger partial charge on any atom is 0.416 e. The van der Waals surface area contributed by atoms with Crippen LogP contribution in [0.25, 0.3) is 0 Å². The van der Waals surface area contributed by atoms with Gasteiger partial charge in [-0.1, -0.05) is 24.3 Å². The number of nitrogens with one attached hydrogen (secondary N) is 1. The van der Waals surface area contributed by atoms with Crippen molar-refractivity contribution in [2.24, 2.45) is 0 Å². The van der Waals surface area contributed by atoms with E-state index in [1.54, 1.807) is 6.92 Å². The van der Waals surface area contributed by atoms with E-state index >= 15 is 0 Å². The van der Waals surface area contributed by atoms with Gasteiger partial charge in [0.05, 0.1) is 5.56 Å². The van der Waals surface area contributed by atoms with Crippen molar-refractivity contribution < 1.29 is 13.2 Å². The Kier molecular flexibility index (Phi) is 4.26. The van der Waals surface area contributed by atoms with Crippen molar-refractivity contribution in [1.29, 1.82) is 0 Å². The Bertz CT molecular complexity index is 625. The molecule has 0 radical (unpaired) electrons. The minimum Gasteiger partial charge on any atom is -0.381 e. The first-order chi connectivity index (χ1) is 9.79. The molecule has 0 aromatic heterocycles. The second kappa shape index (κ2) is 5.80. The molecule has 0 spiro atoms. The third-order valence-electron chi connectivity index (χ3n) is 3.66. The summed E-state index contributed by atoms with van der Waals surface area (Å²) in [6.45, 7) is 6.32. The lowest BCUT2D eigenvalue weighted by atomic mass is 10.0. The van der Waals surface area contributed by atoms with E-state index in [0.717, 1.165) is 28.3 Å². The number of aryl methyl sites for hydroxylation is 3. The van der Waals surface area contributed by atoms with E-state index in [2.05, 4.69) is 5.32 Å². The minimum absolute atomic E-state index is 0.515. The molecule has 0 aliphatic rings. The van der Waals surface area contributed by atoms with E-state index in [1.807, 2.05) is 32.0 Å². The van der Waals surface area contributed by atoms with Crippen LogP contribution >= 0.6 is 0 Å². The summed E-state index contributed by atoms with van der Waals surface area (Å²) in [5.74, 6) is 0. The number of alkyl halides is 3. The monoisotopic (exact) mass is 293 g/mol. The van der Waals surface area contributed by atoms with Crippen LogP contribution in [0.2, 0.25) is 0 Å². The van der Waals surface area contributed by atoms with Gasteiger partial charge in [-0.05, 0) is 55.2 Å². The first kappa shape index (κ1) is 15.4. The molecule has 2 rings (SSSR count). The maximum absolute atomic E-state index is 12.8. The van der Waals surface area contributed by atoms with Gasteiger partial charge in [0, 0.05) is 12.2 Å². The predicted molar refractivity (Wildman–Crippen MR) is 79.4 cm³/mol. The lowest BCUT2D eigenvalue weighted by Gasteiger charge is -2.15. The molecule has 0 aliphatic heterocycles. The van der Waals surface area contributed by atoms with Crippen molar-refractivity contribution >= 4 is 5.69 Å². The second-order valence-corrected chi connectivity index (χ2v) is 5.25. The molecule has 112 valence electrons. The van der Waals surface area contributed by atoms with Gasteiger partial charge in [0.2, 0.25) is 0 Å². The molecule has 0 saturated carbocycles. The Hall–Kier alpha value is -1.97. The largest absolute Gasteiger partial charge is 0.416 e. The zero-order valence-electron chi connectivity index (χ0n) is 12.3. The maximum atomic E-state index is 12.8. The molecule has 21 heavy (non-hydrogen) atoms. The Balaban J connectivity index is 2.24. The summed E-state index contributed by atoms with van der Waals surface area (Å²) < 4.78 is 38.3. The standard InChI is InChI=1S/C17H18F3N/c1-11-5-4-6-12(2)15(11)10-21-16-9-14(17(18,19)20)8-7-13(16)3/h4-9,21H,10H2,1-3H3. The summed E-state index contributed by atoms with van der Waals surface area (Å²) in [6, 6.07) is 9.76. The Morgan fingerprint density at radius 1 is 0.905 bits per heavy atom. The highest BCUT2D eigenvalue weighted by atomic mass is 19.4. The fourth-order valence-electron chi connectivity index (χ4n) is 2.30. The summed E-state index contributed by atoms with van der Waals surface area (Å²) >= 11 is 0. The van der Waals surface area contributed by atoms with E-state index in [1.165, 1.54) is 12.1 Å². The van der Waals surface area contributed by atoms with Crippen LogP contribution in [0.1, 0.15) is 27.8 Å². The van der Waals surface area contributed by atoms with Gasteiger partial charge >= 0.3 is 6.18 Å². The van der Waals surface area contributed by atoms with E-state index in [9.17, 15) is 13.2 Å². The lowest BCUT2D eigenvalue weighted by Crippen LogP contribution is -2.08. The van der Waals surface area contributed by atoms with Crippen LogP contribution in [0.15, 0.2) is 36.4 Å². The first-order valence-corrected chi connectivity index (χ1v) is 6.76. The molecule has 4 heteroatoms. The molecule has 0 bridgehead atoms. The number of hydrogen-bond acceptors (Lipinski definition) is 1. The van der Waals surface area contributed by atoms with Crippen LogP contribution in [0.3, 0.4) is 0 Å². The third-order valence-corrected chi connectivity index (χ3v) is 3.66. The van der Waals surface area contributed by atoms with Crippen LogP contribution in [-0.4, -0.2) is 0 Å². The van der Waals surface area contributed by atoms with Gasteiger partial charge in [-0.3, -0.25) is 0 Å². The van der Waals surface area contributed by atoms with Crippen molar-refractivity contribution in [1.82, 2.24) is 0 Å². The summed E-state index contributed by atoms with van der Waals surface area (Å²) in [5, 5.41) is 3.12. The van der Waals surface area contributed by atoms with Crippen LogP contribution in [0.4, 0.5) is 18.9 Å². The molecule has 2 aromatic rings. The first-order valence-electron chi connectivity index (χ1n) is 6.76. The van der Waals surface area contributed by atoms with Gasteiger partial charge in [0.25, 0.3) is 0 Å². The van der Waals surface area contributed by atoms with Gasteiger partial charge < -0.3 is 5.32 Å². The molecule has 2 aromatic carbocycles. The number of anilines is 1. The normalized spacial score (nSPS) is 11.5. The average Bonchev–Trinajstić information content (AvgIpc) is 2.38. The highest BCUT2D eigenvalue weighted by Crippen LogP contribution is 2.32. The number of rotatable bonds is 3. The smallest absolute Gasteiger partial charge is 0.381 e. The van der Waals surface area contributed by atoms with Crippen molar-refractivity contribution in [2.75, 3.05) is 5.32 Å². The van der Waals surface area contributed by atoms with Gasteiger partial charge in [0.1, 0.15) is 0 Å². The molecule has 0 atom stereocenters. The minimum atomic E-state index is -4.32. The third kappa shape index (κ3) is 3.57. The SMILES string of the molecule is Cc1ccc(C(F)(F)F)cc1NCc1c(C)cccc1C. The molecule has 0 fully saturated rings. The summed E-state index contributed by atoms with van der Waals surface area (Å²) in [5.41, 5.74) is 4.08. The number of hydrogen-bond donors (Lipinski definition) is 1. The van der Waals surface area contributed by atoms with Gasteiger partial charge in [-0.15, -0.1) is 0 Å². The highest BCUT2D eigenvalue weighted by molar-refractivity contribution is 5.54. The Labute approximate surface area is 122 Å². The molecule has 1 nitrogen and oxygen atoms in total. The second-order valence-electron chi connectivity index (χ2n) is 5.25. The van der Waals surface area contributed by atoms with Crippen LogP contribution in [0, 0.1) is 20.8 Å². The molecular weight excluding hydrogens is 275 g/mol. The molecule has 0 saturated heterocycles. The lowest BCUT2D eigenvalue weighted by molar-refractivity contribution is -0.137. The number of halogens is 3. The summed E-state index contributed by atoms with van der Waals surface area (Å²) in [4.78, 5) is 0. The number of benzene rings is 2. The van der Waals surface area contributed by atoms with E-state index in [-0.39, 0.29) is 0 Å². The molecule has 0 aliphatic carbocycles. The predicted octanol–water partition coefficient (Wildman–Crippen LogP) is 5.24. The molecular formula is C17H18F3N.